The number of likely N-dealkylation sites (N-methyl/N-ethyl adjacent to an activating group) is 1. The van der Waals surface area contributed by atoms with Crippen LogP contribution in [0.25, 0.3) is 0 Å². The Hall–Kier alpha value is -2.20. The number of carbonyl (C=O) groups excluding carboxylic acids is 1. The van der Waals surface area contributed by atoms with E-state index in [1.807, 2.05) is 49.1 Å². The van der Waals surface area contributed by atoms with Gasteiger partial charge in [-0.3, -0.25) is 4.79 Å². The van der Waals surface area contributed by atoms with E-state index in [9.17, 15) is 9.18 Å². The number of nitrogens with one attached hydrogen (secondary N) is 1. The van der Waals surface area contributed by atoms with Crippen molar-refractivity contribution in [2.45, 2.75) is 26.3 Å². The quantitative estimate of drug-likeness (QED) is 0.803. The fourth-order valence-corrected chi connectivity index (χ4v) is 2.72. The van der Waals surface area contributed by atoms with Crippen LogP contribution in [0.1, 0.15) is 31.0 Å². The highest BCUT2D eigenvalue weighted by Crippen LogP contribution is 2.16. The molecule has 128 valence electrons. The van der Waals surface area contributed by atoms with Gasteiger partial charge < -0.3 is 10.2 Å². The maximum Gasteiger partial charge on any atom is 0.244 e. The molecule has 4 heteroatoms. The van der Waals surface area contributed by atoms with Gasteiger partial charge in [0.1, 0.15) is 11.9 Å². The zero-order chi connectivity index (χ0) is 17.4. The molecule has 0 radical (unpaired) electrons. The van der Waals surface area contributed by atoms with Gasteiger partial charge in [0, 0.05) is 19.6 Å². The standard InChI is InChI=1S/C20H25FN2O/c1-3-23(4-2)20(24)19(17-8-6-5-7-9-17)22-15-14-16-10-12-18(21)13-11-16/h5-13,19,22H,3-4,14-15H2,1-2H3. The fourth-order valence-electron chi connectivity index (χ4n) is 2.72. The summed E-state index contributed by atoms with van der Waals surface area (Å²) in [5.41, 5.74) is 2.01. The first-order valence-corrected chi connectivity index (χ1v) is 8.47. The minimum Gasteiger partial charge on any atom is -0.342 e. The van der Waals surface area contributed by atoms with Crippen molar-refractivity contribution in [3.63, 3.8) is 0 Å². The van der Waals surface area contributed by atoms with Crippen LogP contribution in [0, 0.1) is 5.82 Å². The van der Waals surface area contributed by atoms with E-state index < -0.39 is 0 Å². The van der Waals surface area contributed by atoms with Crippen LogP contribution in [-0.2, 0) is 11.2 Å². The summed E-state index contributed by atoms with van der Waals surface area (Å²) in [5, 5.41) is 3.36. The largest absolute Gasteiger partial charge is 0.342 e. The second-order valence-corrected chi connectivity index (χ2v) is 5.68. The lowest BCUT2D eigenvalue weighted by Crippen LogP contribution is -2.41. The molecule has 0 spiro atoms. The highest BCUT2D eigenvalue weighted by atomic mass is 19.1. The average Bonchev–Trinajstić information content (AvgIpc) is 2.62. The van der Waals surface area contributed by atoms with Crippen LogP contribution in [-0.4, -0.2) is 30.4 Å². The molecular formula is C20H25FN2O. The average molecular weight is 328 g/mol. The highest BCUT2D eigenvalue weighted by Gasteiger charge is 2.23. The molecule has 0 aliphatic heterocycles. The Bertz CT molecular complexity index is 624. The SMILES string of the molecule is CCN(CC)C(=O)C(NCCc1ccc(F)cc1)c1ccccc1. The maximum atomic E-state index is 13.0. The van der Waals surface area contributed by atoms with E-state index in [4.69, 9.17) is 0 Å². The summed E-state index contributed by atoms with van der Waals surface area (Å²) in [4.78, 5) is 14.6. The normalized spacial score (nSPS) is 12.0. The van der Waals surface area contributed by atoms with Gasteiger partial charge in [0.15, 0.2) is 0 Å². The van der Waals surface area contributed by atoms with Crippen LogP contribution in [0.15, 0.2) is 54.6 Å². The number of amides is 1. The molecule has 2 aromatic rings. The second kappa shape index (κ2) is 9.18. The van der Waals surface area contributed by atoms with E-state index in [1.54, 1.807) is 12.1 Å². The van der Waals surface area contributed by atoms with Crippen LogP contribution in [0.5, 0.6) is 0 Å². The number of halogens is 1. The van der Waals surface area contributed by atoms with E-state index in [0.29, 0.717) is 19.6 Å². The van der Waals surface area contributed by atoms with E-state index in [2.05, 4.69) is 5.32 Å². The van der Waals surface area contributed by atoms with Crippen molar-refractivity contribution in [1.82, 2.24) is 10.2 Å². The van der Waals surface area contributed by atoms with Crippen LogP contribution < -0.4 is 5.32 Å². The van der Waals surface area contributed by atoms with Crippen LogP contribution in [0.2, 0.25) is 0 Å². The predicted molar refractivity (Wildman–Crippen MR) is 95.2 cm³/mol. The molecule has 1 amide bonds. The molecule has 2 aromatic carbocycles. The number of carbonyl (C=O) groups is 1. The number of hydrogen-bond acceptors (Lipinski definition) is 2. The van der Waals surface area contributed by atoms with Crippen LogP contribution in [0.3, 0.4) is 0 Å². The summed E-state index contributed by atoms with van der Waals surface area (Å²) >= 11 is 0. The number of benzene rings is 2. The van der Waals surface area contributed by atoms with E-state index in [1.165, 1.54) is 12.1 Å². The Balaban J connectivity index is 2.05. The number of rotatable bonds is 8. The van der Waals surface area contributed by atoms with Crippen molar-refractivity contribution < 1.29 is 9.18 Å². The molecule has 0 aromatic heterocycles. The summed E-state index contributed by atoms with van der Waals surface area (Å²) in [6.45, 7) is 6.01. The summed E-state index contributed by atoms with van der Waals surface area (Å²) in [6, 6.07) is 15.9. The van der Waals surface area contributed by atoms with Crippen molar-refractivity contribution in [2.75, 3.05) is 19.6 Å². The molecule has 0 saturated heterocycles. The maximum absolute atomic E-state index is 13.0. The zero-order valence-electron chi connectivity index (χ0n) is 14.3. The van der Waals surface area contributed by atoms with Gasteiger partial charge in [-0.1, -0.05) is 42.5 Å². The molecule has 3 nitrogen and oxygen atoms in total. The zero-order valence-corrected chi connectivity index (χ0v) is 14.3. The molecule has 0 aliphatic rings. The topological polar surface area (TPSA) is 32.3 Å². The summed E-state index contributed by atoms with van der Waals surface area (Å²) in [5.74, 6) is -0.143. The van der Waals surface area contributed by atoms with E-state index >= 15 is 0 Å². The van der Waals surface area contributed by atoms with Gasteiger partial charge >= 0.3 is 0 Å². The molecule has 24 heavy (non-hydrogen) atoms. The van der Waals surface area contributed by atoms with Crippen molar-refractivity contribution in [2.24, 2.45) is 0 Å². The van der Waals surface area contributed by atoms with Crippen LogP contribution in [0.4, 0.5) is 4.39 Å². The lowest BCUT2D eigenvalue weighted by molar-refractivity contribution is -0.133. The van der Waals surface area contributed by atoms with Gasteiger partial charge in [-0.2, -0.15) is 0 Å². The Labute approximate surface area is 143 Å². The van der Waals surface area contributed by atoms with Gasteiger partial charge in [0.25, 0.3) is 0 Å². The minimum absolute atomic E-state index is 0.0882. The molecule has 0 saturated carbocycles. The van der Waals surface area contributed by atoms with Gasteiger partial charge in [0.2, 0.25) is 5.91 Å². The van der Waals surface area contributed by atoms with Gasteiger partial charge in [-0.15, -0.1) is 0 Å². The van der Waals surface area contributed by atoms with Crippen molar-refractivity contribution in [1.29, 1.82) is 0 Å². The third-order valence-electron chi connectivity index (χ3n) is 4.13. The van der Waals surface area contributed by atoms with Crippen molar-refractivity contribution >= 4 is 5.91 Å². The lowest BCUT2D eigenvalue weighted by atomic mass is 10.0. The molecule has 1 N–H and O–H groups in total. The molecule has 2 rings (SSSR count). The molecule has 1 unspecified atom stereocenters. The first-order chi connectivity index (χ1) is 11.7. The third-order valence-corrected chi connectivity index (χ3v) is 4.13. The Morgan fingerprint density at radius 3 is 2.25 bits per heavy atom. The van der Waals surface area contributed by atoms with Crippen LogP contribution >= 0.6 is 0 Å². The van der Waals surface area contributed by atoms with Gasteiger partial charge in [-0.05, 0) is 43.5 Å². The predicted octanol–water partition coefficient (Wildman–Crippen LogP) is 3.57. The third kappa shape index (κ3) is 4.90. The van der Waals surface area contributed by atoms with E-state index in [0.717, 1.165) is 17.5 Å². The monoisotopic (exact) mass is 328 g/mol. The number of nitrogens with zero attached hydrogens (tertiary/aromatic N) is 1. The first-order valence-electron chi connectivity index (χ1n) is 8.47. The fraction of sp³-hybridized carbons (Fsp3) is 0.350. The van der Waals surface area contributed by atoms with Crippen molar-refractivity contribution in [3.8, 4) is 0 Å². The molecule has 1 atom stereocenters. The molecule has 0 aliphatic carbocycles. The summed E-state index contributed by atoms with van der Waals surface area (Å²) in [6.07, 6.45) is 0.745. The van der Waals surface area contributed by atoms with E-state index in [-0.39, 0.29) is 17.8 Å². The molecule has 0 heterocycles. The second-order valence-electron chi connectivity index (χ2n) is 5.68. The van der Waals surface area contributed by atoms with Gasteiger partial charge in [-0.25, -0.2) is 4.39 Å². The highest BCUT2D eigenvalue weighted by molar-refractivity contribution is 5.83. The Morgan fingerprint density at radius 1 is 1.04 bits per heavy atom. The first kappa shape index (κ1) is 18.1. The molecule has 0 fully saturated rings. The lowest BCUT2D eigenvalue weighted by Gasteiger charge is -2.26. The van der Waals surface area contributed by atoms with Crippen molar-refractivity contribution in [3.05, 3.63) is 71.5 Å². The van der Waals surface area contributed by atoms with Gasteiger partial charge in [0.05, 0.1) is 0 Å². The molecule has 0 bridgehead atoms. The number of hydrogen-bond donors (Lipinski definition) is 1. The Morgan fingerprint density at radius 2 is 1.67 bits per heavy atom. The molecular weight excluding hydrogens is 303 g/mol. The Kier molecular flexibility index (Phi) is 6.94. The minimum atomic E-state index is -0.355. The summed E-state index contributed by atoms with van der Waals surface area (Å²) < 4.78 is 13.0. The summed E-state index contributed by atoms with van der Waals surface area (Å²) in [7, 11) is 0. The smallest absolute Gasteiger partial charge is 0.244 e.